The molecule has 7 nitrogen and oxygen atoms in total. The van der Waals surface area contributed by atoms with Crippen molar-refractivity contribution in [3.63, 3.8) is 0 Å². The lowest BCUT2D eigenvalue weighted by molar-refractivity contribution is -0.116. The van der Waals surface area contributed by atoms with Crippen molar-refractivity contribution in [1.82, 2.24) is 15.1 Å². The maximum Gasteiger partial charge on any atom is 0.224 e. The number of carbonyl (C=O) groups excluding carboxylic acids is 1. The van der Waals surface area contributed by atoms with Crippen LogP contribution in [0.2, 0.25) is 10.0 Å². The number of carbonyl (C=O) groups is 1. The van der Waals surface area contributed by atoms with Gasteiger partial charge in [0.15, 0.2) is 0 Å². The molecular formula is C28H37Cl2N5O2. The Labute approximate surface area is 230 Å². The molecule has 9 heteroatoms. The van der Waals surface area contributed by atoms with Gasteiger partial charge in [-0.3, -0.25) is 9.69 Å². The first-order valence-electron chi connectivity index (χ1n) is 13.1. The number of halogens is 2. The van der Waals surface area contributed by atoms with Crippen LogP contribution in [0.4, 0.5) is 11.4 Å². The monoisotopic (exact) mass is 545 g/mol. The number of piperidine rings is 1. The van der Waals surface area contributed by atoms with Gasteiger partial charge in [0.05, 0.1) is 13.7 Å². The maximum absolute atomic E-state index is 12.6. The van der Waals surface area contributed by atoms with Gasteiger partial charge in [0.25, 0.3) is 0 Å². The average molecular weight is 547 g/mol. The highest BCUT2D eigenvalue weighted by atomic mass is 35.5. The number of amidine groups is 1. The van der Waals surface area contributed by atoms with E-state index < -0.39 is 0 Å². The van der Waals surface area contributed by atoms with E-state index in [0.29, 0.717) is 40.4 Å². The Morgan fingerprint density at radius 1 is 1.14 bits per heavy atom. The summed E-state index contributed by atoms with van der Waals surface area (Å²) in [5, 5.41) is 7.64. The highest BCUT2D eigenvalue weighted by molar-refractivity contribution is 6.35. The van der Waals surface area contributed by atoms with Gasteiger partial charge in [-0.1, -0.05) is 35.7 Å². The molecule has 4 rings (SSSR count). The second-order valence-corrected chi connectivity index (χ2v) is 10.7. The quantitative estimate of drug-likeness (QED) is 0.344. The second kappa shape index (κ2) is 13.5. The standard InChI is InChI=1S/C28H37Cl2N5O2/c1-20-18-35(15-12-31-20)27(19-34-13-4-3-5-14-34)33-25-10-9-23(17-26(25)37-2)32-28(36)11-7-21-6-8-22(29)16-24(21)30/h6,8-10,16-17,20,31H,3-5,7,11-15,18-19H2,1-2H3,(H,32,36)/t20-/m0/s1. The van der Waals surface area contributed by atoms with Crippen molar-refractivity contribution in [3.8, 4) is 5.75 Å². The molecule has 1 amide bonds. The molecule has 2 aromatic carbocycles. The van der Waals surface area contributed by atoms with Gasteiger partial charge in [-0.25, -0.2) is 4.99 Å². The maximum atomic E-state index is 12.6. The highest BCUT2D eigenvalue weighted by Gasteiger charge is 2.22. The third kappa shape index (κ3) is 8.08. The van der Waals surface area contributed by atoms with E-state index in [1.807, 2.05) is 24.3 Å². The van der Waals surface area contributed by atoms with Crippen molar-refractivity contribution in [3.05, 3.63) is 52.0 Å². The molecule has 0 unspecified atom stereocenters. The lowest BCUT2D eigenvalue weighted by atomic mass is 10.1. The van der Waals surface area contributed by atoms with Gasteiger partial charge in [0.1, 0.15) is 17.3 Å². The molecule has 2 aliphatic heterocycles. The van der Waals surface area contributed by atoms with Crippen molar-refractivity contribution >= 4 is 46.3 Å². The molecule has 0 bridgehead atoms. The minimum Gasteiger partial charge on any atom is -0.494 e. The number of hydrogen-bond acceptors (Lipinski definition) is 5. The number of likely N-dealkylation sites (tertiary alicyclic amines) is 1. The Balaban J connectivity index is 1.46. The molecule has 0 saturated carbocycles. The molecule has 2 fully saturated rings. The molecule has 2 aromatic rings. The molecule has 0 aliphatic carbocycles. The predicted molar refractivity (Wildman–Crippen MR) is 153 cm³/mol. The highest BCUT2D eigenvalue weighted by Crippen LogP contribution is 2.31. The number of aliphatic imine (C=N–C) groups is 1. The second-order valence-electron chi connectivity index (χ2n) is 9.84. The molecule has 1 atom stereocenters. The lowest BCUT2D eigenvalue weighted by Gasteiger charge is -2.37. The molecule has 2 N–H and O–H groups in total. The zero-order valence-corrected chi connectivity index (χ0v) is 23.2. The number of amides is 1. The number of rotatable bonds is 8. The zero-order chi connectivity index (χ0) is 26.2. The molecule has 2 saturated heterocycles. The van der Waals surface area contributed by atoms with E-state index in [-0.39, 0.29) is 5.91 Å². The number of hydrogen-bond donors (Lipinski definition) is 2. The van der Waals surface area contributed by atoms with Crippen LogP contribution in [-0.4, -0.2) is 74.0 Å². The Morgan fingerprint density at radius 2 is 1.95 bits per heavy atom. The Bertz CT molecular complexity index is 1100. The van der Waals surface area contributed by atoms with Gasteiger partial charge < -0.3 is 20.3 Å². The molecule has 0 spiro atoms. The molecular weight excluding hydrogens is 509 g/mol. The fourth-order valence-corrected chi connectivity index (χ4v) is 5.38. The van der Waals surface area contributed by atoms with Gasteiger partial charge in [-0.2, -0.15) is 0 Å². The van der Waals surface area contributed by atoms with E-state index in [1.54, 1.807) is 19.2 Å². The van der Waals surface area contributed by atoms with Gasteiger partial charge in [-0.05, 0) is 69.1 Å². The first-order valence-corrected chi connectivity index (χ1v) is 13.9. The minimum absolute atomic E-state index is 0.0927. The summed E-state index contributed by atoms with van der Waals surface area (Å²) in [7, 11) is 1.64. The number of piperazine rings is 1. The van der Waals surface area contributed by atoms with E-state index in [4.69, 9.17) is 32.9 Å². The Morgan fingerprint density at radius 3 is 2.68 bits per heavy atom. The van der Waals surface area contributed by atoms with E-state index in [9.17, 15) is 4.79 Å². The number of aryl methyl sites for hydroxylation is 1. The molecule has 2 heterocycles. The van der Waals surface area contributed by atoms with Crippen molar-refractivity contribution in [2.45, 2.75) is 45.1 Å². The SMILES string of the molecule is COc1cc(NC(=O)CCc2ccc(Cl)cc2Cl)ccc1N=C(CN1CCCCC1)N1CCN[C@@H](C)C1. The molecule has 0 aromatic heterocycles. The van der Waals surface area contributed by atoms with Crippen LogP contribution in [0.3, 0.4) is 0 Å². The topological polar surface area (TPSA) is 69.2 Å². The van der Waals surface area contributed by atoms with Gasteiger partial charge in [0, 0.05) is 53.9 Å². The first-order chi connectivity index (χ1) is 17.9. The zero-order valence-electron chi connectivity index (χ0n) is 21.7. The summed E-state index contributed by atoms with van der Waals surface area (Å²) < 4.78 is 5.69. The summed E-state index contributed by atoms with van der Waals surface area (Å²) in [5.74, 6) is 1.62. The van der Waals surface area contributed by atoms with Gasteiger partial charge >= 0.3 is 0 Å². The summed E-state index contributed by atoms with van der Waals surface area (Å²) in [6.07, 6.45) is 4.64. The largest absolute Gasteiger partial charge is 0.494 e. The molecule has 37 heavy (non-hydrogen) atoms. The van der Waals surface area contributed by atoms with Crippen molar-refractivity contribution in [2.75, 3.05) is 51.7 Å². The number of nitrogens with one attached hydrogen (secondary N) is 2. The summed E-state index contributed by atoms with van der Waals surface area (Å²) in [6.45, 7) is 8.09. The van der Waals surface area contributed by atoms with Crippen LogP contribution in [-0.2, 0) is 11.2 Å². The van der Waals surface area contributed by atoms with Crippen LogP contribution in [0, 0.1) is 0 Å². The minimum atomic E-state index is -0.0927. The molecule has 0 radical (unpaired) electrons. The van der Waals surface area contributed by atoms with Crippen LogP contribution in [0.15, 0.2) is 41.4 Å². The number of anilines is 1. The van der Waals surface area contributed by atoms with Crippen LogP contribution >= 0.6 is 23.2 Å². The fraction of sp³-hybridized carbons (Fsp3) is 0.500. The van der Waals surface area contributed by atoms with Crippen molar-refractivity contribution in [2.24, 2.45) is 4.99 Å². The summed E-state index contributed by atoms with van der Waals surface area (Å²) in [6, 6.07) is 11.4. The smallest absolute Gasteiger partial charge is 0.224 e. The van der Waals surface area contributed by atoms with Crippen LogP contribution < -0.4 is 15.4 Å². The predicted octanol–water partition coefficient (Wildman–Crippen LogP) is 5.38. The summed E-state index contributed by atoms with van der Waals surface area (Å²) >= 11 is 12.2. The average Bonchev–Trinajstić information content (AvgIpc) is 2.89. The fourth-order valence-electron chi connectivity index (χ4n) is 4.87. The summed E-state index contributed by atoms with van der Waals surface area (Å²) in [4.78, 5) is 22.6. The normalized spacial score (nSPS) is 19.1. The van der Waals surface area contributed by atoms with E-state index in [1.165, 1.54) is 19.3 Å². The van der Waals surface area contributed by atoms with E-state index in [2.05, 4.69) is 27.4 Å². The van der Waals surface area contributed by atoms with Crippen molar-refractivity contribution in [1.29, 1.82) is 0 Å². The summed E-state index contributed by atoms with van der Waals surface area (Å²) in [5.41, 5.74) is 2.34. The number of ether oxygens (including phenoxy) is 1. The number of benzene rings is 2. The third-order valence-corrected chi connectivity index (χ3v) is 7.48. The van der Waals surface area contributed by atoms with Gasteiger partial charge in [-0.15, -0.1) is 0 Å². The van der Waals surface area contributed by atoms with E-state index >= 15 is 0 Å². The van der Waals surface area contributed by atoms with Crippen LogP contribution in [0.25, 0.3) is 0 Å². The molecule has 2 aliphatic rings. The van der Waals surface area contributed by atoms with Crippen LogP contribution in [0.1, 0.15) is 38.2 Å². The molecule has 200 valence electrons. The number of nitrogens with zero attached hydrogens (tertiary/aromatic N) is 3. The van der Waals surface area contributed by atoms with Crippen LogP contribution in [0.5, 0.6) is 5.75 Å². The van der Waals surface area contributed by atoms with Crippen molar-refractivity contribution < 1.29 is 9.53 Å². The Kier molecular flexibility index (Phi) is 10.1. The van der Waals surface area contributed by atoms with E-state index in [0.717, 1.165) is 56.4 Å². The lowest BCUT2D eigenvalue weighted by Crippen LogP contribution is -2.53. The first kappa shape index (κ1) is 27.7. The Hall–Kier alpha value is -2.32. The van der Waals surface area contributed by atoms with Gasteiger partial charge in [0.2, 0.25) is 5.91 Å². The number of methoxy groups -OCH3 is 1. The third-order valence-electron chi connectivity index (χ3n) is 6.90.